The maximum Gasteiger partial charge on any atom is 0.120 e. The standard InChI is InChI=1S/C16H15Br3O/c17-11-12(15-6-1-2-7-16(15)19)8-9-20-14-5-3-4-13(18)10-14/h1-7,10,12H,8-9,11H2. The van der Waals surface area contributed by atoms with Crippen molar-refractivity contribution in [3.8, 4) is 5.75 Å². The van der Waals surface area contributed by atoms with Crippen molar-refractivity contribution in [2.45, 2.75) is 12.3 Å². The highest BCUT2D eigenvalue weighted by molar-refractivity contribution is 9.11. The van der Waals surface area contributed by atoms with E-state index in [2.05, 4.69) is 66.0 Å². The summed E-state index contributed by atoms with van der Waals surface area (Å²) in [6.45, 7) is 0.702. The number of halogens is 3. The van der Waals surface area contributed by atoms with Gasteiger partial charge >= 0.3 is 0 Å². The number of hydrogen-bond acceptors (Lipinski definition) is 1. The van der Waals surface area contributed by atoms with Gasteiger partial charge in [-0.25, -0.2) is 0 Å². The van der Waals surface area contributed by atoms with Crippen molar-refractivity contribution in [2.75, 3.05) is 11.9 Å². The monoisotopic (exact) mass is 460 g/mol. The molecular weight excluding hydrogens is 448 g/mol. The largest absolute Gasteiger partial charge is 0.494 e. The van der Waals surface area contributed by atoms with E-state index in [0.29, 0.717) is 12.5 Å². The van der Waals surface area contributed by atoms with Gasteiger partial charge in [0.25, 0.3) is 0 Å². The lowest BCUT2D eigenvalue weighted by molar-refractivity contribution is 0.301. The highest BCUT2D eigenvalue weighted by atomic mass is 79.9. The van der Waals surface area contributed by atoms with Crippen molar-refractivity contribution in [2.24, 2.45) is 0 Å². The maximum atomic E-state index is 5.81. The van der Waals surface area contributed by atoms with Crippen LogP contribution in [0.4, 0.5) is 0 Å². The molecular formula is C16H15Br3O. The van der Waals surface area contributed by atoms with Gasteiger partial charge < -0.3 is 4.74 Å². The summed E-state index contributed by atoms with van der Waals surface area (Å²) < 4.78 is 8.01. The molecule has 4 heteroatoms. The number of rotatable bonds is 6. The normalized spacial score (nSPS) is 12.2. The number of alkyl halides is 1. The fraction of sp³-hybridized carbons (Fsp3) is 0.250. The third kappa shape index (κ3) is 4.61. The van der Waals surface area contributed by atoms with E-state index in [1.54, 1.807) is 0 Å². The molecule has 20 heavy (non-hydrogen) atoms. The van der Waals surface area contributed by atoms with Crippen LogP contribution in [0, 0.1) is 0 Å². The smallest absolute Gasteiger partial charge is 0.120 e. The van der Waals surface area contributed by atoms with E-state index in [4.69, 9.17) is 4.74 Å². The Bertz CT molecular complexity index is 557. The van der Waals surface area contributed by atoms with Crippen molar-refractivity contribution < 1.29 is 4.74 Å². The number of benzene rings is 2. The molecule has 0 saturated heterocycles. The Labute approximate surface area is 145 Å². The van der Waals surface area contributed by atoms with E-state index in [1.165, 1.54) is 5.56 Å². The predicted molar refractivity (Wildman–Crippen MR) is 94.9 cm³/mol. The van der Waals surface area contributed by atoms with Gasteiger partial charge in [-0.15, -0.1) is 0 Å². The third-order valence-electron chi connectivity index (χ3n) is 3.06. The van der Waals surface area contributed by atoms with Gasteiger partial charge in [0.15, 0.2) is 0 Å². The topological polar surface area (TPSA) is 9.23 Å². The molecule has 0 bridgehead atoms. The third-order valence-corrected chi connectivity index (χ3v) is 5.06. The fourth-order valence-electron chi connectivity index (χ4n) is 2.00. The second-order valence-electron chi connectivity index (χ2n) is 4.47. The SMILES string of the molecule is BrCC(CCOc1cccc(Br)c1)c1ccccc1Br. The Morgan fingerprint density at radius 1 is 1.00 bits per heavy atom. The second-order valence-corrected chi connectivity index (χ2v) is 6.88. The van der Waals surface area contributed by atoms with E-state index in [1.807, 2.05) is 30.3 Å². The summed E-state index contributed by atoms with van der Waals surface area (Å²) >= 11 is 10.7. The van der Waals surface area contributed by atoms with Gasteiger partial charge in [0, 0.05) is 14.3 Å². The molecule has 106 valence electrons. The van der Waals surface area contributed by atoms with Crippen molar-refractivity contribution in [3.63, 3.8) is 0 Å². The Balaban J connectivity index is 1.93. The summed E-state index contributed by atoms with van der Waals surface area (Å²) in [5.74, 6) is 1.34. The van der Waals surface area contributed by atoms with Crippen LogP contribution in [-0.4, -0.2) is 11.9 Å². The Kier molecular flexibility index (Phi) is 6.59. The first-order valence-electron chi connectivity index (χ1n) is 6.39. The second kappa shape index (κ2) is 8.20. The predicted octanol–water partition coefficient (Wildman–Crippen LogP) is 6.16. The first-order chi connectivity index (χ1) is 9.70. The van der Waals surface area contributed by atoms with Gasteiger partial charge in [-0.2, -0.15) is 0 Å². The lowest BCUT2D eigenvalue weighted by atomic mass is 9.98. The van der Waals surface area contributed by atoms with Crippen LogP contribution in [0.25, 0.3) is 0 Å². The van der Waals surface area contributed by atoms with Crippen molar-refractivity contribution >= 4 is 47.8 Å². The molecule has 0 aliphatic rings. The molecule has 0 fully saturated rings. The van der Waals surface area contributed by atoms with Crippen LogP contribution in [-0.2, 0) is 0 Å². The molecule has 2 aromatic rings. The van der Waals surface area contributed by atoms with Crippen LogP contribution in [0.2, 0.25) is 0 Å². The highest BCUT2D eigenvalue weighted by Gasteiger charge is 2.13. The summed E-state index contributed by atoms with van der Waals surface area (Å²) in [5.41, 5.74) is 1.32. The maximum absolute atomic E-state index is 5.81. The molecule has 0 heterocycles. The molecule has 0 N–H and O–H groups in total. The van der Waals surface area contributed by atoms with Crippen LogP contribution < -0.4 is 4.74 Å². The summed E-state index contributed by atoms with van der Waals surface area (Å²) in [7, 11) is 0. The number of hydrogen-bond donors (Lipinski definition) is 0. The zero-order valence-electron chi connectivity index (χ0n) is 10.9. The van der Waals surface area contributed by atoms with Gasteiger partial charge in [-0.05, 0) is 42.2 Å². The quantitative estimate of drug-likeness (QED) is 0.467. The van der Waals surface area contributed by atoms with E-state index in [0.717, 1.165) is 26.4 Å². The fourth-order valence-corrected chi connectivity index (χ4v) is 3.66. The minimum atomic E-state index is 0.442. The van der Waals surface area contributed by atoms with E-state index in [-0.39, 0.29) is 0 Å². The Morgan fingerprint density at radius 3 is 2.50 bits per heavy atom. The molecule has 0 aliphatic heterocycles. The van der Waals surface area contributed by atoms with E-state index in [9.17, 15) is 0 Å². The van der Waals surface area contributed by atoms with Crippen molar-refractivity contribution in [3.05, 3.63) is 63.0 Å². The molecule has 1 nitrogen and oxygen atoms in total. The summed E-state index contributed by atoms with van der Waals surface area (Å²) in [6, 6.07) is 16.3. The molecule has 0 saturated carbocycles. The van der Waals surface area contributed by atoms with Gasteiger partial charge in [0.1, 0.15) is 5.75 Å². The minimum Gasteiger partial charge on any atom is -0.494 e. The van der Waals surface area contributed by atoms with Crippen LogP contribution in [0.15, 0.2) is 57.5 Å². The average Bonchev–Trinajstić information content (AvgIpc) is 2.45. The molecule has 1 unspecified atom stereocenters. The number of ether oxygens (including phenoxy) is 1. The van der Waals surface area contributed by atoms with Gasteiger partial charge in [-0.3, -0.25) is 0 Å². The first kappa shape index (κ1) is 16.1. The first-order valence-corrected chi connectivity index (χ1v) is 9.10. The van der Waals surface area contributed by atoms with Gasteiger partial charge in [0.05, 0.1) is 6.61 Å². The van der Waals surface area contributed by atoms with Crippen molar-refractivity contribution in [1.29, 1.82) is 0 Å². The minimum absolute atomic E-state index is 0.442. The summed E-state index contributed by atoms with van der Waals surface area (Å²) in [4.78, 5) is 0. The highest BCUT2D eigenvalue weighted by Crippen LogP contribution is 2.29. The Morgan fingerprint density at radius 2 is 1.80 bits per heavy atom. The van der Waals surface area contributed by atoms with Crippen LogP contribution in [0.1, 0.15) is 17.9 Å². The molecule has 0 amide bonds. The molecule has 2 aromatic carbocycles. The van der Waals surface area contributed by atoms with Crippen LogP contribution >= 0.6 is 47.8 Å². The zero-order valence-corrected chi connectivity index (χ0v) is 15.6. The molecule has 1 atom stereocenters. The van der Waals surface area contributed by atoms with Crippen molar-refractivity contribution in [1.82, 2.24) is 0 Å². The van der Waals surface area contributed by atoms with Gasteiger partial charge in [-0.1, -0.05) is 72.1 Å². The molecule has 0 aromatic heterocycles. The molecule has 0 radical (unpaired) electrons. The average molecular weight is 463 g/mol. The molecule has 2 rings (SSSR count). The Hall–Kier alpha value is -0.320. The summed E-state index contributed by atoms with van der Waals surface area (Å²) in [5, 5.41) is 0.928. The molecule has 0 spiro atoms. The van der Waals surface area contributed by atoms with E-state index < -0.39 is 0 Å². The molecule has 0 aliphatic carbocycles. The zero-order chi connectivity index (χ0) is 14.4. The van der Waals surface area contributed by atoms with E-state index >= 15 is 0 Å². The summed E-state index contributed by atoms with van der Waals surface area (Å²) in [6.07, 6.45) is 0.973. The lowest BCUT2D eigenvalue weighted by Crippen LogP contribution is -2.07. The lowest BCUT2D eigenvalue weighted by Gasteiger charge is -2.16. The van der Waals surface area contributed by atoms with Crippen LogP contribution in [0.3, 0.4) is 0 Å². The van der Waals surface area contributed by atoms with Gasteiger partial charge in [0.2, 0.25) is 0 Å². The van der Waals surface area contributed by atoms with Crippen LogP contribution in [0.5, 0.6) is 5.75 Å².